The minimum absolute atomic E-state index is 0.604. The van der Waals surface area contributed by atoms with E-state index in [-0.39, 0.29) is 0 Å². The molecule has 0 fully saturated rings. The molecule has 0 unspecified atom stereocenters. The van der Waals surface area contributed by atoms with Crippen LogP contribution in [0.25, 0.3) is 11.3 Å². The largest absolute Gasteiger partial charge is 0.356 e. The highest BCUT2D eigenvalue weighted by Crippen LogP contribution is 2.30. The minimum atomic E-state index is 0.604. The van der Waals surface area contributed by atoms with Gasteiger partial charge in [0.15, 0.2) is 5.13 Å². The van der Waals surface area contributed by atoms with Crippen LogP contribution in [0.3, 0.4) is 0 Å². The van der Waals surface area contributed by atoms with Crippen LogP contribution < -0.4 is 5.32 Å². The number of hydrogen-bond donors (Lipinski definition) is 1. The molecular weight excluding hydrogens is 325 g/mol. The molecule has 0 spiro atoms. The van der Waals surface area contributed by atoms with E-state index in [0.717, 1.165) is 22.1 Å². The van der Waals surface area contributed by atoms with Crippen LogP contribution in [0.15, 0.2) is 48.0 Å². The van der Waals surface area contributed by atoms with Crippen LogP contribution in [0.1, 0.15) is 5.69 Å². The van der Waals surface area contributed by atoms with Gasteiger partial charge in [-0.25, -0.2) is 4.98 Å². The Balaban J connectivity index is 1.71. The smallest absolute Gasteiger partial charge is 0.183 e. The molecule has 2 aromatic heterocycles. The van der Waals surface area contributed by atoms with Crippen LogP contribution >= 0.6 is 34.5 Å². The molecule has 0 bridgehead atoms. The van der Waals surface area contributed by atoms with Crippen molar-refractivity contribution in [2.75, 3.05) is 5.32 Å². The SMILES string of the molecule is Clc1ccc(CNc2nc(-c3ccccc3Cl)cs2)nc1. The first-order valence-corrected chi connectivity index (χ1v) is 7.90. The molecule has 0 amide bonds. The third kappa shape index (κ3) is 3.53. The van der Waals surface area contributed by atoms with Gasteiger partial charge in [0.1, 0.15) is 0 Å². The highest BCUT2D eigenvalue weighted by molar-refractivity contribution is 7.14. The summed E-state index contributed by atoms with van der Waals surface area (Å²) in [6.07, 6.45) is 1.63. The van der Waals surface area contributed by atoms with Gasteiger partial charge in [-0.15, -0.1) is 11.3 Å². The monoisotopic (exact) mass is 335 g/mol. The average molecular weight is 336 g/mol. The number of nitrogens with zero attached hydrogens (tertiary/aromatic N) is 2. The number of hydrogen-bond acceptors (Lipinski definition) is 4. The molecule has 3 rings (SSSR count). The molecule has 2 heterocycles. The lowest BCUT2D eigenvalue weighted by Gasteiger charge is -2.02. The van der Waals surface area contributed by atoms with E-state index in [9.17, 15) is 0 Å². The second kappa shape index (κ2) is 6.43. The maximum atomic E-state index is 6.18. The Labute approximate surface area is 136 Å². The van der Waals surface area contributed by atoms with Crippen molar-refractivity contribution in [2.24, 2.45) is 0 Å². The van der Waals surface area contributed by atoms with E-state index in [4.69, 9.17) is 23.2 Å². The molecule has 0 aliphatic carbocycles. The van der Waals surface area contributed by atoms with E-state index < -0.39 is 0 Å². The zero-order valence-corrected chi connectivity index (χ0v) is 13.2. The maximum absolute atomic E-state index is 6.18. The topological polar surface area (TPSA) is 37.8 Å². The Morgan fingerprint density at radius 2 is 1.95 bits per heavy atom. The van der Waals surface area contributed by atoms with Gasteiger partial charge >= 0.3 is 0 Å². The summed E-state index contributed by atoms with van der Waals surface area (Å²) in [6, 6.07) is 11.4. The van der Waals surface area contributed by atoms with E-state index >= 15 is 0 Å². The number of rotatable bonds is 4. The van der Waals surface area contributed by atoms with Crippen LogP contribution in [-0.4, -0.2) is 9.97 Å². The molecular formula is C15H11Cl2N3S. The molecule has 1 N–H and O–H groups in total. The van der Waals surface area contributed by atoms with E-state index in [1.807, 2.05) is 41.8 Å². The highest BCUT2D eigenvalue weighted by atomic mass is 35.5. The second-order valence-corrected chi connectivity index (χ2v) is 6.04. The summed E-state index contributed by atoms with van der Waals surface area (Å²) in [7, 11) is 0. The van der Waals surface area contributed by atoms with Crippen LogP contribution in [0, 0.1) is 0 Å². The molecule has 0 atom stereocenters. The van der Waals surface area contributed by atoms with Crippen LogP contribution in [0.2, 0.25) is 10.0 Å². The van der Waals surface area contributed by atoms with Crippen molar-refractivity contribution in [1.29, 1.82) is 0 Å². The van der Waals surface area contributed by atoms with Crippen molar-refractivity contribution in [3.05, 3.63) is 63.7 Å². The van der Waals surface area contributed by atoms with Gasteiger partial charge < -0.3 is 5.32 Å². The first-order chi connectivity index (χ1) is 10.2. The van der Waals surface area contributed by atoms with Gasteiger partial charge in [0, 0.05) is 22.2 Å². The van der Waals surface area contributed by atoms with Crippen LogP contribution in [0.5, 0.6) is 0 Å². The lowest BCUT2D eigenvalue weighted by Crippen LogP contribution is -2.00. The Bertz CT molecular complexity index is 741. The molecule has 0 radical (unpaired) electrons. The number of aromatic nitrogens is 2. The first kappa shape index (κ1) is 14.3. The summed E-state index contributed by atoms with van der Waals surface area (Å²) < 4.78 is 0. The van der Waals surface area contributed by atoms with Gasteiger partial charge in [0.05, 0.1) is 23.0 Å². The van der Waals surface area contributed by atoms with Crippen molar-refractivity contribution < 1.29 is 0 Å². The summed E-state index contributed by atoms with van der Waals surface area (Å²) in [4.78, 5) is 8.78. The van der Waals surface area contributed by atoms with Crippen molar-refractivity contribution in [3.8, 4) is 11.3 Å². The van der Waals surface area contributed by atoms with Crippen molar-refractivity contribution in [2.45, 2.75) is 6.54 Å². The zero-order valence-electron chi connectivity index (χ0n) is 10.9. The third-order valence-electron chi connectivity index (χ3n) is 2.86. The minimum Gasteiger partial charge on any atom is -0.356 e. The number of thiazole rings is 1. The lowest BCUT2D eigenvalue weighted by atomic mass is 10.2. The molecule has 106 valence electrons. The number of pyridine rings is 1. The fourth-order valence-corrected chi connectivity index (χ4v) is 2.88. The quantitative estimate of drug-likeness (QED) is 0.718. The lowest BCUT2D eigenvalue weighted by molar-refractivity contribution is 1.04. The molecule has 0 aliphatic heterocycles. The molecule has 6 heteroatoms. The summed E-state index contributed by atoms with van der Waals surface area (Å²) in [5.74, 6) is 0. The predicted molar refractivity (Wildman–Crippen MR) is 89.1 cm³/mol. The summed E-state index contributed by atoms with van der Waals surface area (Å²) in [6.45, 7) is 0.604. The van der Waals surface area contributed by atoms with Gasteiger partial charge in [-0.2, -0.15) is 0 Å². The molecule has 21 heavy (non-hydrogen) atoms. The van der Waals surface area contributed by atoms with Crippen LogP contribution in [0.4, 0.5) is 5.13 Å². The number of halogens is 2. The number of anilines is 1. The second-order valence-electron chi connectivity index (χ2n) is 4.34. The Hall–Kier alpha value is -1.62. The summed E-state index contributed by atoms with van der Waals surface area (Å²) in [5, 5.41) is 7.40. The van der Waals surface area contributed by atoms with Gasteiger partial charge in [0.2, 0.25) is 0 Å². The molecule has 3 nitrogen and oxygen atoms in total. The maximum Gasteiger partial charge on any atom is 0.183 e. The third-order valence-corrected chi connectivity index (χ3v) is 4.22. The van der Waals surface area contributed by atoms with E-state index in [0.29, 0.717) is 16.6 Å². The average Bonchev–Trinajstić information content (AvgIpc) is 2.96. The number of nitrogens with one attached hydrogen (secondary N) is 1. The van der Waals surface area contributed by atoms with E-state index in [1.165, 1.54) is 0 Å². The first-order valence-electron chi connectivity index (χ1n) is 6.27. The normalized spacial score (nSPS) is 10.6. The molecule has 1 aromatic carbocycles. The Kier molecular flexibility index (Phi) is 4.39. The summed E-state index contributed by atoms with van der Waals surface area (Å²) in [5.41, 5.74) is 2.72. The van der Waals surface area contributed by atoms with Gasteiger partial charge in [-0.1, -0.05) is 41.4 Å². The highest BCUT2D eigenvalue weighted by Gasteiger charge is 2.07. The van der Waals surface area contributed by atoms with Crippen molar-refractivity contribution in [3.63, 3.8) is 0 Å². The Morgan fingerprint density at radius 1 is 1.10 bits per heavy atom. The van der Waals surface area contributed by atoms with Gasteiger partial charge in [0.25, 0.3) is 0 Å². The summed E-state index contributed by atoms with van der Waals surface area (Å²) >= 11 is 13.5. The van der Waals surface area contributed by atoms with Gasteiger partial charge in [-0.05, 0) is 18.2 Å². The fourth-order valence-electron chi connectivity index (χ4n) is 1.82. The van der Waals surface area contributed by atoms with Crippen molar-refractivity contribution >= 4 is 39.7 Å². The van der Waals surface area contributed by atoms with E-state index in [1.54, 1.807) is 17.5 Å². The van der Waals surface area contributed by atoms with E-state index in [2.05, 4.69) is 15.3 Å². The molecule has 3 aromatic rings. The van der Waals surface area contributed by atoms with Gasteiger partial charge in [-0.3, -0.25) is 4.98 Å². The fraction of sp³-hybridized carbons (Fsp3) is 0.0667. The molecule has 0 saturated heterocycles. The van der Waals surface area contributed by atoms with Crippen molar-refractivity contribution in [1.82, 2.24) is 9.97 Å². The predicted octanol–water partition coefficient (Wildman–Crippen LogP) is 5.12. The number of benzene rings is 1. The standard InChI is InChI=1S/C15H11Cl2N3S/c16-10-5-6-11(18-7-10)8-19-15-20-14(9-21-15)12-3-1-2-4-13(12)17/h1-7,9H,8H2,(H,19,20). The molecule has 0 saturated carbocycles. The molecule has 0 aliphatic rings. The zero-order chi connectivity index (χ0) is 14.7. The van der Waals surface area contributed by atoms with Crippen LogP contribution in [-0.2, 0) is 6.54 Å². The Morgan fingerprint density at radius 3 is 2.71 bits per heavy atom.